The standard InChI is InChI=1S/C13H13N3O5/c17-7-6-14-13(20)21-10-8-15-12(19)16(11(10)18)9-4-2-1-3-5-9/h1-5,8,17H,6-7H2,(H,14,20)(H,15,19). The van der Waals surface area contributed by atoms with E-state index in [4.69, 9.17) is 9.84 Å². The van der Waals surface area contributed by atoms with Gasteiger partial charge in [0.25, 0.3) is 0 Å². The number of hydrogen-bond donors (Lipinski definition) is 3. The SMILES string of the molecule is O=C(NCCO)Oc1c[nH]c(=O)n(-c2ccccc2)c1=O. The molecule has 0 spiro atoms. The summed E-state index contributed by atoms with van der Waals surface area (Å²) in [7, 11) is 0. The molecule has 1 aromatic carbocycles. The van der Waals surface area contributed by atoms with E-state index in [1.54, 1.807) is 30.3 Å². The van der Waals surface area contributed by atoms with Gasteiger partial charge < -0.3 is 20.1 Å². The van der Waals surface area contributed by atoms with Gasteiger partial charge in [0.2, 0.25) is 5.75 Å². The molecule has 0 atom stereocenters. The molecule has 0 fully saturated rings. The number of aromatic nitrogens is 2. The number of ether oxygens (including phenoxy) is 1. The first-order valence-electron chi connectivity index (χ1n) is 6.10. The van der Waals surface area contributed by atoms with Crippen LogP contribution in [0.2, 0.25) is 0 Å². The van der Waals surface area contributed by atoms with Crippen LogP contribution in [0.25, 0.3) is 5.69 Å². The Balaban J connectivity index is 2.37. The van der Waals surface area contributed by atoms with Gasteiger partial charge in [0.15, 0.2) is 0 Å². The lowest BCUT2D eigenvalue weighted by atomic mass is 10.3. The number of aliphatic hydroxyl groups is 1. The molecule has 21 heavy (non-hydrogen) atoms. The minimum Gasteiger partial charge on any atom is -0.403 e. The van der Waals surface area contributed by atoms with Crippen LogP contribution >= 0.6 is 0 Å². The number of benzene rings is 1. The molecule has 2 aromatic rings. The van der Waals surface area contributed by atoms with E-state index in [0.717, 1.165) is 10.8 Å². The van der Waals surface area contributed by atoms with Crippen molar-refractivity contribution in [1.29, 1.82) is 0 Å². The predicted octanol–water partition coefficient (Wildman–Crippen LogP) is -0.393. The molecule has 1 amide bonds. The number of rotatable bonds is 4. The quantitative estimate of drug-likeness (QED) is 0.709. The summed E-state index contributed by atoms with van der Waals surface area (Å²) in [5, 5.41) is 10.8. The Labute approximate surface area is 118 Å². The van der Waals surface area contributed by atoms with Gasteiger partial charge in [0.1, 0.15) is 0 Å². The van der Waals surface area contributed by atoms with Crippen molar-refractivity contribution in [2.75, 3.05) is 13.2 Å². The molecule has 0 aliphatic heterocycles. The van der Waals surface area contributed by atoms with E-state index in [-0.39, 0.29) is 18.9 Å². The molecular formula is C13H13N3O5. The summed E-state index contributed by atoms with van der Waals surface area (Å²) in [4.78, 5) is 37.7. The summed E-state index contributed by atoms with van der Waals surface area (Å²) in [6, 6.07) is 8.23. The van der Waals surface area contributed by atoms with Crippen molar-refractivity contribution in [2.45, 2.75) is 0 Å². The predicted molar refractivity (Wildman–Crippen MR) is 73.8 cm³/mol. The third-order valence-corrected chi connectivity index (χ3v) is 2.54. The lowest BCUT2D eigenvalue weighted by molar-refractivity contribution is 0.194. The zero-order valence-electron chi connectivity index (χ0n) is 10.9. The van der Waals surface area contributed by atoms with Crippen molar-refractivity contribution < 1.29 is 14.6 Å². The summed E-state index contributed by atoms with van der Waals surface area (Å²) in [6.45, 7) is -0.260. The van der Waals surface area contributed by atoms with Gasteiger partial charge in [0.05, 0.1) is 18.5 Å². The number of carbonyl (C=O) groups is 1. The highest BCUT2D eigenvalue weighted by molar-refractivity contribution is 5.70. The van der Waals surface area contributed by atoms with Gasteiger partial charge in [-0.05, 0) is 12.1 Å². The van der Waals surface area contributed by atoms with Crippen LogP contribution in [-0.2, 0) is 0 Å². The van der Waals surface area contributed by atoms with Crippen molar-refractivity contribution in [3.63, 3.8) is 0 Å². The van der Waals surface area contributed by atoms with Gasteiger partial charge in [0, 0.05) is 6.54 Å². The Morgan fingerprint density at radius 2 is 2.00 bits per heavy atom. The van der Waals surface area contributed by atoms with E-state index < -0.39 is 17.3 Å². The van der Waals surface area contributed by atoms with E-state index >= 15 is 0 Å². The molecule has 0 aliphatic carbocycles. The molecule has 8 heteroatoms. The largest absolute Gasteiger partial charge is 0.412 e. The topological polar surface area (TPSA) is 113 Å². The molecule has 0 unspecified atom stereocenters. The van der Waals surface area contributed by atoms with Crippen LogP contribution in [0, 0.1) is 0 Å². The number of nitrogens with one attached hydrogen (secondary N) is 2. The molecule has 0 aliphatic rings. The summed E-state index contributed by atoms with van der Waals surface area (Å²) < 4.78 is 5.66. The average molecular weight is 291 g/mol. The molecule has 0 saturated carbocycles. The van der Waals surface area contributed by atoms with Crippen molar-refractivity contribution in [2.24, 2.45) is 0 Å². The smallest absolute Gasteiger partial charge is 0.403 e. The number of carbonyl (C=O) groups excluding carboxylic acids is 1. The van der Waals surface area contributed by atoms with Crippen LogP contribution in [0.3, 0.4) is 0 Å². The van der Waals surface area contributed by atoms with Gasteiger partial charge in [-0.2, -0.15) is 0 Å². The monoisotopic (exact) mass is 291 g/mol. The Bertz CT molecular complexity index is 735. The Morgan fingerprint density at radius 1 is 1.29 bits per heavy atom. The maximum atomic E-state index is 12.2. The average Bonchev–Trinajstić information content (AvgIpc) is 2.49. The lowest BCUT2D eigenvalue weighted by Crippen LogP contribution is -2.36. The molecule has 3 N–H and O–H groups in total. The zero-order valence-corrected chi connectivity index (χ0v) is 10.9. The second kappa shape index (κ2) is 6.53. The van der Waals surface area contributed by atoms with Crippen LogP contribution in [0.15, 0.2) is 46.1 Å². The maximum Gasteiger partial charge on any atom is 0.412 e. The number of amides is 1. The summed E-state index contributed by atoms with van der Waals surface area (Å²) in [5.41, 5.74) is -1.05. The molecule has 1 aromatic heterocycles. The van der Waals surface area contributed by atoms with Crippen molar-refractivity contribution in [1.82, 2.24) is 14.9 Å². The summed E-state index contributed by atoms with van der Waals surface area (Å²) >= 11 is 0. The van der Waals surface area contributed by atoms with Crippen LogP contribution < -0.4 is 21.3 Å². The molecule has 1 heterocycles. The first-order chi connectivity index (χ1) is 10.1. The normalized spacial score (nSPS) is 10.1. The summed E-state index contributed by atoms with van der Waals surface area (Å²) in [6.07, 6.45) is 0.121. The Morgan fingerprint density at radius 3 is 2.67 bits per heavy atom. The zero-order chi connectivity index (χ0) is 15.2. The number of aliphatic hydroxyl groups excluding tert-OH is 1. The Kier molecular flexibility index (Phi) is 4.52. The number of nitrogens with zero attached hydrogens (tertiary/aromatic N) is 1. The van der Waals surface area contributed by atoms with Crippen LogP contribution in [-0.4, -0.2) is 33.9 Å². The summed E-state index contributed by atoms with van der Waals surface area (Å²) in [5.74, 6) is -0.325. The minimum absolute atomic E-state index is 0.00490. The van der Waals surface area contributed by atoms with Gasteiger partial charge >= 0.3 is 17.3 Å². The van der Waals surface area contributed by atoms with Gasteiger partial charge in [-0.1, -0.05) is 18.2 Å². The van der Waals surface area contributed by atoms with Crippen LogP contribution in [0.4, 0.5) is 4.79 Å². The van der Waals surface area contributed by atoms with Gasteiger partial charge in [-0.25, -0.2) is 14.2 Å². The third-order valence-electron chi connectivity index (χ3n) is 2.54. The molecular weight excluding hydrogens is 278 g/mol. The van der Waals surface area contributed by atoms with Gasteiger partial charge in [-0.15, -0.1) is 0 Å². The van der Waals surface area contributed by atoms with E-state index in [0.29, 0.717) is 5.69 Å². The van der Waals surface area contributed by atoms with E-state index in [9.17, 15) is 14.4 Å². The van der Waals surface area contributed by atoms with E-state index in [1.807, 2.05) is 0 Å². The molecule has 2 rings (SSSR count). The molecule has 110 valence electrons. The number of para-hydroxylation sites is 1. The second-order valence-electron chi connectivity index (χ2n) is 3.97. The van der Waals surface area contributed by atoms with Crippen molar-refractivity contribution in [3.05, 3.63) is 57.4 Å². The van der Waals surface area contributed by atoms with Crippen molar-refractivity contribution >= 4 is 6.09 Å². The maximum absolute atomic E-state index is 12.2. The third kappa shape index (κ3) is 3.37. The minimum atomic E-state index is -0.896. The van der Waals surface area contributed by atoms with Gasteiger partial charge in [-0.3, -0.25) is 4.79 Å². The first-order valence-corrected chi connectivity index (χ1v) is 6.10. The number of hydrogen-bond acceptors (Lipinski definition) is 5. The highest BCUT2D eigenvalue weighted by atomic mass is 16.6. The number of aromatic amines is 1. The first kappa shape index (κ1) is 14.5. The highest BCUT2D eigenvalue weighted by Crippen LogP contribution is 2.04. The fourth-order valence-corrected chi connectivity index (χ4v) is 1.63. The Hall–Kier alpha value is -2.87. The van der Waals surface area contributed by atoms with Crippen molar-refractivity contribution in [3.8, 4) is 11.4 Å². The molecule has 0 radical (unpaired) electrons. The molecule has 8 nitrogen and oxygen atoms in total. The van der Waals surface area contributed by atoms with Crippen LogP contribution in [0.5, 0.6) is 5.75 Å². The fourth-order valence-electron chi connectivity index (χ4n) is 1.63. The van der Waals surface area contributed by atoms with Crippen LogP contribution in [0.1, 0.15) is 0 Å². The lowest BCUT2D eigenvalue weighted by Gasteiger charge is -2.08. The van der Waals surface area contributed by atoms with E-state index in [2.05, 4.69) is 10.3 Å². The second-order valence-corrected chi connectivity index (χ2v) is 3.97. The molecule has 0 saturated heterocycles. The van der Waals surface area contributed by atoms with E-state index in [1.165, 1.54) is 0 Å². The molecule has 0 bridgehead atoms. The fraction of sp³-hybridized carbons (Fsp3) is 0.154. The highest BCUT2D eigenvalue weighted by Gasteiger charge is 2.13. The number of H-pyrrole nitrogens is 1.